The molecule has 8 nitrogen and oxygen atoms in total. The van der Waals surface area contributed by atoms with Crippen LogP contribution in [-0.4, -0.2) is 48.5 Å². The number of para-hydroxylation sites is 3. The third-order valence-corrected chi connectivity index (χ3v) is 6.77. The van der Waals surface area contributed by atoms with E-state index in [0.29, 0.717) is 33.8 Å². The van der Waals surface area contributed by atoms with E-state index in [-0.39, 0.29) is 24.8 Å². The summed E-state index contributed by atoms with van der Waals surface area (Å²) < 4.78 is 16.0. The average Bonchev–Trinajstić information content (AvgIpc) is 3.18. The van der Waals surface area contributed by atoms with Gasteiger partial charge >= 0.3 is 0 Å². The number of amidine groups is 1. The number of carbonyl (C=O) groups excluding carboxylic acids is 2. The Kier molecular flexibility index (Phi) is 8.12. The summed E-state index contributed by atoms with van der Waals surface area (Å²) >= 11 is 1.28. The molecule has 0 bridgehead atoms. The van der Waals surface area contributed by atoms with Gasteiger partial charge < -0.3 is 19.5 Å². The first-order valence-corrected chi connectivity index (χ1v) is 12.2. The van der Waals surface area contributed by atoms with Crippen molar-refractivity contribution >= 4 is 40.1 Å². The Balaban J connectivity index is 1.58. The van der Waals surface area contributed by atoms with E-state index in [0.717, 1.165) is 5.56 Å². The van der Waals surface area contributed by atoms with Gasteiger partial charge in [0, 0.05) is 12.0 Å². The van der Waals surface area contributed by atoms with E-state index in [1.807, 2.05) is 60.7 Å². The van der Waals surface area contributed by atoms with Crippen molar-refractivity contribution in [1.82, 2.24) is 4.90 Å². The molecule has 1 unspecified atom stereocenters. The Labute approximate surface area is 214 Å². The minimum atomic E-state index is -0.619. The van der Waals surface area contributed by atoms with Crippen molar-refractivity contribution in [3.63, 3.8) is 0 Å². The molecule has 1 aliphatic rings. The van der Waals surface area contributed by atoms with Crippen LogP contribution in [0.4, 0.5) is 11.4 Å². The molecule has 1 fully saturated rings. The maximum atomic E-state index is 13.5. The van der Waals surface area contributed by atoms with Crippen LogP contribution >= 0.6 is 11.8 Å². The topological polar surface area (TPSA) is 89.5 Å². The first kappa shape index (κ1) is 25.1. The molecular formula is C27H27N3O5S. The number of rotatable bonds is 9. The Bertz CT molecular complexity index is 1260. The molecule has 0 spiro atoms. The number of nitrogens with one attached hydrogen (secondary N) is 1. The minimum Gasteiger partial charge on any atom is -0.497 e. The third kappa shape index (κ3) is 5.80. The highest BCUT2D eigenvalue weighted by molar-refractivity contribution is 8.15. The molecule has 36 heavy (non-hydrogen) atoms. The van der Waals surface area contributed by atoms with Crippen LogP contribution in [0.2, 0.25) is 0 Å². The van der Waals surface area contributed by atoms with Crippen molar-refractivity contribution in [2.75, 3.05) is 26.6 Å². The zero-order valence-corrected chi connectivity index (χ0v) is 21.1. The van der Waals surface area contributed by atoms with E-state index in [1.165, 1.54) is 11.8 Å². The van der Waals surface area contributed by atoms with Gasteiger partial charge in [0.15, 0.2) is 5.17 Å². The quantitative estimate of drug-likeness (QED) is 0.446. The maximum Gasteiger partial charge on any atom is 0.242 e. The summed E-state index contributed by atoms with van der Waals surface area (Å²) in [6, 6.07) is 21.9. The molecule has 1 aliphatic heterocycles. The molecule has 1 N–H and O–H groups in total. The summed E-state index contributed by atoms with van der Waals surface area (Å²) in [5, 5.41) is 2.75. The second kappa shape index (κ2) is 11.6. The lowest BCUT2D eigenvalue weighted by Crippen LogP contribution is -2.33. The number of anilines is 1. The van der Waals surface area contributed by atoms with Crippen molar-refractivity contribution in [2.24, 2.45) is 4.99 Å². The zero-order chi connectivity index (χ0) is 25.5. The van der Waals surface area contributed by atoms with E-state index in [4.69, 9.17) is 19.2 Å². The van der Waals surface area contributed by atoms with Crippen molar-refractivity contribution < 1.29 is 23.8 Å². The normalized spacial score (nSPS) is 16.2. The Hall–Kier alpha value is -3.98. The molecule has 1 atom stereocenters. The highest BCUT2D eigenvalue weighted by atomic mass is 32.2. The molecule has 0 radical (unpaired) electrons. The molecule has 1 saturated heterocycles. The van der Waals surface area contributed by atoms with Gasteiger partial charge in [-0.15, -0.1) is 0 Å². The number of aliphatic imine (C=N–C) groups is 1. The summed E-state index contributed by atoms with van der Waals surface area (Å²) in [7, 11) is 4.73. The maximum absolute atomic E-state index is 13.5. The number of amides is 2. The van der Waals surface area contributed by atoms with E-state index >= 15 is 0 Å². The van der Waals surface area contributed by atoms with E-state index in [9.17, 15) is 9.59 Å². The molecule has 2 amide bonds. The molecule has 9 heteroatoms. The molecule has 0 saturated carbocycles. The number of methoxy groups -OCH3 is 3. The Morgan fingerprint density at radius 2 is 1.58 bits per heavy atom. The van der Waals surface area contributed by atoms with Gasteiger partial charge in [-0.05, 0) is 42.5 Å². The first-order chi connectivity index (χ1) is 17.5. The van der Waals surface area contributed by atoms with Gasteiger partial charge in [0.25, 0.3) is 0 Å². The fourth-order valence-electron chi connectivity index (χ4n) is 3.76. The Morgan fingerprint density at radius 1 is 0.917 bits per heavy atom. The van der Waals surface area contributed by atoms with Crippen LogP contribution in [-0.2, 0) is 16.1 Å². The molecule has 1 heterocycles. The van der Waals surface area contributed by atoms with E-state index in [2.05, 4.69) is 5.32 Å². The van der Waals surface area contributed by atoms with Crippen molar-refractivity contribution in [1.29, 1.82) is 0 Å². The van der Waals surface area contributed by atoms with Crippen molar-refractivity contribution in [3.05, 3.63) is 78.4 Å². The number of hydrogen-bond acceptors (Lipinski definition) is 7. The summed E-state index contributed by atoms with van der Waals surface area (Å²) in [5.41, 5.74) is 2.07. The molecule has 186 valence electrons. The number of hydrogen-bond donors (Lipinski definition) is 1. The van der Waals surface area contributed by atoms with Gasteiger partial charge in [0.2, 0.25) is 11.8 Å². The summed E-state index contributed by atoms with van der Waals surface area (Å²) in [5.74, 6) is 1.47. The first-order valence-electron chi connectivity index (χ1n) is 11.3. The van der Waals surface area contributed by atoms with E-state index < -0.39 is 5.25 Å². The van der Waals surface area contributed by atoms with E-state index in [1.54, 1.807) is 38.4 Å². The number of carbonyl (C=O) groups is 2. The fourth-order valence-corrected chi connectivity index (χ4v) is 4.92. The predicted octanol–water partition coefficient (Wildman–Crippen LogP) is 4.87. The summed E-state index contributed by atoms with van der Waals surface area (Å²) in [6.07, 6.45) is -0.00833. The van der Waals surface area contributed by atoms with Crippen LogP contribution in [0.1, 0.15) is 12.0 Å². The SMILES string of the molecule is COc1ccc(N=C2SC(CC(=O)Nc3ccccc3OC)C(=O)N2Cc2ccccc2OC)cc1. The second-order valence-corrected chi connectivity index (χ2v) is 9.06. The lowest BCUT2D eigenvalue weighted by Gasteiger charge is -2.18. The van der Waals surface area contributed by atoms with Crippen LogP contribution in [0.3, 0.4) is 0 Å². The van der Waals surface area contributed by atoms with Crippen LogP contribution in [0.5, 0.6) is 17.2 Å². The highest BCUT2D eigenvalue weighted by Gasteiger charge is 2.39. The molecule has 4 rings (SSSR count). The van der Waals surface area contributed by atoms with Gasteiger partial charge in [-0.3, -0.25) is 14.5 Å². The number of thioether (sulfide) groups is 1. The molecule has 3 aromatic rings. The van der Waals surface area contributed by atoms with Gasteiger partial charge in [-0.25, -0.2) is 4.99 Å². The third-order valence-electron chi connectivity index (χ3n) is 5.59. The number of benzene rings is 3. The second-order valence-electron chi connectivity index (χ2n) is 7.89. The predicted molar refractivity (Wildman–Crippen MR) is 141 cm³/mol. The minimum absolute atomic E-state index is 0.00833. The van der Waals surface area contributed by atoms with Gasteiger partial charge in [-0.1, -0.05) is 42.1 Å². The molecule has 3 aromatic carbocycles. The van der Waals surface area contributed by atoms with Crippen LogP contribution in [0, 0.1) is 0 Å². The van der Waals surface area contributed by atoms with Crippen LogP contribution < -0.4 is 19.5 Å². The zero-order valence-electron chi connectivity index (χ0n) is 20.3. The van der Waals surface area contributed by atoms with Gasteiger partial charge in [-0.2, -0.15) is 0 Å². The van der Waals surface area contributed by atoms with Gasteiger partial charge in [0.1, 0.15) is 22.5 Å². The molecular weight excluding hydrogens is 478 g/mol. The number of nitrogens with zero attached hydrogens (tertiary/aromatic N) is 2. The molecule has 0 aliphatic carbocycles. The Morgan fingerprint density at radius 3 is 2.28 bits per heavy atom. The average molecular weight is 506 g/mol. The fraction of sp³-hybridized carbons (Fsp3) is 0.222. The lowest BCUT2D eigenvalue weighted by molar-refractivity contribution is -0.128. The highest BCUT2D eigenvalue weighted by Crippen LogP contribution is 2.35. The lowest BCUT2D eigenvalue weighted by atomic mass is 10.1. The summed E-state index contributed by atoms with van der Waals surface area (Å²) in [6.45, 7) is 0.273. The van der Waals surface area contributed by atoms with Crippen molar-refractivity contribution in [3.8, 4) is 17.2 Å². The largest absolute Gasteiger partial charge is 0.497 e. The summed E-state index contributed by atoms with van der Waals surface area (Å²) in [4.78, 5) is 32.7. The van der Waals surface area contributed by atoms with Crippen LogP contribution in [0.15, 0.2) is 77.8 Å². The smallest absolute Gasteiger partial charge is 0.242 e. The van der Waals surface area contributed by atoms with Crippen LogP contribution in [0.25, 0.3) is 0 Å². The van der Waals surface area contributed by atoms with Crippen molar-refractivity contribution in [2.45, 2.75) is 18.2 Å². The number of ether oxygens (including phenoxy) is 3. The monoisotopic (exact) mass is 505 g/mol. The van der Waals surface area contributed by atoms with Gasteiger partial charge in [0.05, 0.1) is 39.2 Å². The molecule has 0 aromatic heterocycles. The standard InChI is InChI=1S/C27H27N3O5S/c1-33-20-14-12-19(13-15-20)28-27-30(17-18-8-4-6-10-22(18)34-2)26(32)24(36-27)16-25(31)29-21-9-5-7-11-23(21)35-3/h4-15,24H,16-17H2,1-3H3,(H,29,31).